The van der Waals surface area contributed by atoms with Gasteiger partial charge in [0.05, 0.1) is 27.4 Å². The van der Waals surface area contributed by atoms with Crippen molar-refractivity contribution in [1.82, 2.24) is 15.0 Å². The number of benzene rings is 3. The average molecular weight is 493 g/mol. The van der Waals surface area contributed by atoms with E-state index < -0.39 is 6.61 Å². The van der Waals surface area contributed by atoms with Crippen molar-refractivity contribution in [2.45, 2.75) is 13.5 Å². The molecule has 3 aromatic carbocycles. The number of hydrogen-bond acceptors (Lipinski definition) is 7. The molecule has 0 saturated heterocycles. The fraction of sp³-hybridized carbons (Fsp3) is 0.120. The molecule has 0 bridgehead atoms. The van der Waals surface area contributed by atoms with E-state index in [0.717, 1.165) is 10.3 Å². The molecular weight excluding hydrogens is 474 g/mol. The minimum Gasteiger partial charge on any atom is -0.482 e. The zero-order valence-corrected chi connectivity index (χ0v) is 19.2. The number of alkyl halides is 2. The second-order valence-electron chi connectivity index (χ2n) is 7.59. The third-order valence-corrected chi connectivity index (χ3v) is 6.12. The van der Waals surface area contributed by atoms with E-state index in [1.54, 1.807) is 30.3 Å². The van der Waals surface area contributed by atoms with Crippen molar-refractivity contribution in [3.8, 4) is 22.2 Å². The minimum atomic E-state index is -2.98. The number of halogens is 2. The van der Waals surface area contributed by atoms with Crippen LogP contribution in [-0.4, -0.2) is 34.1 Å². The maximum absolute atomic E-state index is 12.6. The molecule has 176 valence electrons. The summed E-state index contributed by atoms with van der Waals surface area (Å²) in [5.74, 6) is 0.00246. The first-order valence-electron chi connectivity index (χ1n) is 10.6. The summed E-state index contributed by atoms with van der Waals surface area (Å²) in [7, 11) is 0. The molecule has 10 heteroatoms. The fourth-order valence-electron chi connectivity index (χ4n) is 3.57. The Morgan fingerprint density at radius 3 is 2.69 bits per heavy atom. The first-order valence-corrected chi connectivity index (χ1v) is 11.4. The number of ether oxygens (including phenoxy) is 2. The van der Waals surface area contributed by atoms with Crippen LogP contribution in [0.2, 0.25) is 0 Å². The first-order chi connectivity index (χ1) is 17.0. The molecule has 35 heavy (non-hydrogen) atoms. The number of aryl methyl sites for hydroxylation is 1. The SMILES string of the molecule is Cc1cc(-c2nc3cccc(OCC(=O)Nc4ccccc4)c3s2)c2ncc(OC(F)F)nc2c1. The molecule has 7 nitrogen and oxygen atoms in total. The van der Waals surface area contributed by atoms with Gasteiger partial charge in [0, 0.05) is 11.3 Å². The van der Waals surface area contributed by atoms with E-state index in [0.29, 0.717) is 38.6 Å². The monoisotopic (exact) mass is 492 g/mol. The molecule has 0 atom stereocenters. The zero-order valence-electron chi connectivity index (χ0n) is 18.4. The van der Waals surface area contributed by atoms with E-state index >= 15 is 0 Å². The van der Waals surface area contributed by atoms with Crippen LogP contribution in [0.1, 0.15) is 5.56 Å². The number of amides is 1. The summed E-state index contributed by atoms with van der Waals surface area (Å²) in [5.41, 5.74) is 3.90. The van der Waals surface area contributed by atoms with Gasteiger partial charge in [-0.3, -0.25) is 4.79 Å². The van der Waals surface area contributed by atoms with Gasteiger partial charge in [-0.25, -0.2) is 15.0 Å². The van der Waals surface area contributed by atoms with Crippen LogP contribution in [0.4, 0.5) is 14.5 Å². The van der Waals surface area contributed by atoms with Crippen molar-refractivity contribution in [3.05, 3.63) is 72.4 Å². The Bertz CT molecular complexity index is 1530. The molecule has 0 unspecified atom stereocenters. The summed E-state index contributed by atoms with van der Waals surface area (Å²) in [4.78, 5) is 25.5. The van der Waals surface area contributed by atoms with Crippen molar-refractivity contribution < 1.29 is 23.0 Å². The molecule has 0 aliphatic carbocycles. The van der Waals surface area contributed by atoms with Gasteiger partial charge in [0.25, 0.3) is 5.91 Å². The number of thiazole rings is 1. The number of fused-ring (bicyclic) bond motifs is 2. The molecule has 0 radical (unpaired) electrons. The maximum Gasteiger partial charge on any atom is 0.388 e. The van der Waals surface area contributed by atoms with Crippen molar-refractivity contribution in [2.75, 3.05) is 11.9 Å². The summed E-state index contributed by atoms with van der Waals surface area (Å²) in [5, 5.41) is 3.45. The lowest BCUT2D eigenvalue weighted by Crippen LogP contribution is -2.20. The van der Waals surface area contributed by atoms with Gasteiger partial charge in [-0.05, 0) is 48.9 Å². The molecule has 0 fully saturated rings. The number of carbonyl (C=O) groups excluding carboxylic acids is 1. The first kappa shape index (κ1) is 22.6. The van der Waals surface area contributed by atoms with Gasteiger partial charge in [-0.2, -0.15) is 8.78 Å². The van der Waals surface area contributed by atoms with Crippen LogP contribution in [0, 0.1) is 6.92 Å². The lowest BCUT2D eigenvalue weighted by molar-refractivity contribution is -0.118. The summed E-state index contributed by atoms with van der Waals surface area (Å²) in [6, 6.07) is 18.2. The summed E-state index contributed by atoms with van der Waals surface area (Å²) in [6.07, 6.45) is 1.17. The van der Waals surface area contributed by atoms with Crippen molar-refractivity contribution >= 4 is 44.2 Å². The Hall–Kier alpha value is -4.18. The fourth-order valence-corrected chi connectivity index (χ4v) is 4.62. The Balaban J connectivity index is 1.44. The molecule has 5 aromatic rings. The third-order valence-electron chi connectivity index (χ3n) is 5.00. The average Bonchev–Trinajstić information content (AvgIpc) is 3.27. The predicted molar refractivity (Wildman–Crippen MR) is 130 cm³/mol. The highest BCUT2D eigenvalue weighted by molar-refractivity contribution is 7.22. The van der Waals surface area contributed by atoms with Gasteiger partial charge < -0.3 is 14.8 Å². The van der Waals surface area contributed by atoms with Gasteiger partial charge in [0.2, 0.25) is 5.88 Å². The Labute approximate surface area is 202 Å². The van der Waals surface area contributed by atoms with Gasteiger partial charge in [0.15, 0.2) is 6.61 Å². The maximum atomic E-state index is 12.6. The number of aromatic nitrogens is 3. The van der Waals surface area contributed by atoms with Gasteiger partial charge in [-0.1, -0.05) is 24.3 Å². The normalized spacial score (nSPS) is 11.2. The Morgan fingerprint density at radius 1 is 1.06 bits per heavy atom. The standard InChI is InChI=1S/C25H18F2N4O3S/c1-14-10-16(22-18(11-14)30-21(12-28-22)34-25(26)27)24-31-17-8-5-9-19(23(17)35-24)33-13-20(32)29-15-6-3-2-4-7-15/h2-12,25H,13H2,1H3,(H,29,32). The van der Waals surface area contributed by atoms with Crippen LogP contribution in [0.25, 0.3) is 31.8 Å². The van der Waals surface area contributed by atoms with E-state index in [9.17, 15) is 13.6 Å². The molecule has 1 N–H and O–H groups in total. The van der Waals surface area contributed by atoms with E-state index in [1.165, 1.54) is 17.5 Å². The summed E-state index contributed by atoms with van der Waals surface area (Å²) in [6.45, 7) is -1.27. The molecule has 0 aliphatic heterocycles. The molecule has 0 aliphatic rings. The number of nitrogens with one attached hydrogen (secondary N) is 1. The number of para-hydroxylation sites is 1. The van der Waals surface area contributed by atoms with Crippen LogP contribution in [0.3, 0.4) is 0 Å². The molecule has 5 rings (SSSR count). The van der Waals surface area contributed by atoms with Crippen molar-refractivity contribution in [2.24, 2.45) is 0 Å². The molecular formula is C25H18F2N4O3S. The molecule has 0 saturated carbocycles. The smallest absolute Gasteiger partial charge is 0.388 e. The number of rotatable bonds is 7. The second-order valence-corrected chi connectivity index (χ2v) is 8.59. The third kappa shape index (κ3) is 5.02. The number of carbonyl (C=O) groups is 1. The molecule has 0 spiro atoms. The van der Waals surface area contributed by atoms with Crippen LogP contribution in [-0.2, 0) is 4.79 Å². The number of nitrogens with zero attached hydrogens (tertiary/aromatic N) is 3. The number of anilines is 1. The molecule has 2 aromatic heterocycles. The van der Waals surface area contributed by atoms with Gasteiger partial charge in [-0.15, -0.1) is 11.3 Å². The van der Waals surface area contributed by atoms with Crippen LogP contribution in [0.15, 0.2) is 66.9 Å². The van der Waals surface area contributed by atoms with Crippen LogP contribution >= 0.6 is 11.3 Å². The van der Waals surface area contributed by atoms with E-state index in [-0.39, 0.29) is 18.4 Å². The lowest BCUT2D eigenvalue weighted by Gasteiger charge is -2.08. The largest absolute Gasteiger partial charge is 0.482 e. The van der Waals surface area contributed by atoms with E-state index in [2.05, 4.69) is 20.0 Å². The topological polar surface area (TPSA) is 86.2 Å². The second kappa shape index (κ2) is 9.59. The van der Waals surface area contributed by atoms with E-state index in [4.69, 9.17) is 9.72 Å². The highest BCUT2D eigenvalue weighted by atomic mass is 32.1. The predicted octanol–water partition coefficient (Wildman–Crippen LogP) is 5.83. The minimum absolute atomic E-state index is 0.160. The highest BCUT2D eigenvalue weighted by Gasteiger charge is 2.17. The van der Waals surface area contributed by atoms with Gasteiger partial charge >= 0.3 is 6.61 Å². The van der Waals surface area contributed by atoms with Gasteiger partial charge in [0.1, 0.15) is 10.8 Å². The Kier molecular flexibility index (Phi) is 6.19. The molecule has 1 amide bonds. The van der Waals surface area contributed by atoms with Crippen molar-refractivity contribution in [1.29, 1.82) is 0 Å². The zero-order chi connectivity index (χ0) is 24.4. The van der Waals surface area contributed by atoms with Crippen LogP contribution < -0.4 is 14.8 Å². The Morgan fingerprint density at radius 2 is 1.89 bits per heavy atom. The van der Waals surface area contributed by atoms with Crippen molar-refractivity contribution in [3.63, 3.8) is 0 Å². The highest BCUT2D eigenvalue weighted by Crippen LogP contribution is 2.38. The van der Waals surface area contributed by atoms with E-state index in [1.807, 2.05) is 37.3 Å². The number of hydrogen-bond donors (Lipinski definition) is 1. The summed E-state index contributed by atoms with van der Waals surface area (Å²) < 4.78 is 36.1. The molecule has 2 heterocycles. The summed E-state index contributed by atoms with van der Waals surface area (Å²) >= 11 is 1.38. The lowest BCUT2D eigenvalue weighted by atomic mass is 10.1. The quantitative estimate of drug-likeness (QED) is 0.308. The van der Waals surface area contributed by atoms with Crippen LogP contribution in [0.5, 0.6) is 11.6 Å².